The molecule has 116 valence electrons. The number of halogens is 1. The molecule has 1 aliphatic heterocycles. The molecule has 2 aromatic carbocycles. The van der Waals surface area contributed by atoms with E-state index in [-0.39, 0.29) is 11.5 Å². The number of allylic oxidation sites excluding steroid dienone is 1. The second kappa shape index (κ2) is 5.36. The van der Waals surface area contributed by atoms with Gasteiger partial charge in [0.05, 0.1) is 11.4 Å². The number of nitrogens with zero attached hydrogens (tertiary/aromatic N) is 2. The zero-order valence-electron chi connectivity index (χ0n) is 12.5. The number of fused-ring (bicyclic) bond motifs is 3. The maximum atomic E-state index is 14.5. The Balaban J connectivity index is 2.10. The van der Waals surface area contributed by atoms with E-state index in [1.807, 2.05) is 12.1 Å². The van der Waals surface area contributed by atoms with Gasteiger partial charge in [0.15, 0.2) is 0 Å². The summed E-state index contributed by atoms with van der Waals surface area (Å²) in [5.41, 5.74) is 7.96. The summed E-state index contributed by atoms with van der Waals surface area (Å²) in [5.74, 6) is -0.508. The van der Waals surface area contributed by atoms with Crippen molar-refractivity contribution in [2.24, 2.45) is 5.73 Å². The highest BCUT2D eigenvalue weighted by atomic mass is 19.1. The molecule has 0 saturated carbocycles. The van der Waals surface area contributed by atoms with Gasteiger partial charge in [0.25, 0.3) is 0 Å². The van der Waals surface area contributed by atoms with Crippen molar-refractivity contribution in [1.82, 2.24) is 4.98 Å². The number of ether oxygens (including phenoxy) is 1. The van der Waals surface area contributed by atoms with E-state index in [0.29, 0.717) is 16.9 Å². The van der Waals surface area contributed by atoms with Crippen LogP contribution in [0.1, 0.15) is 17.0 Å². The number of hydrogen-bond donors (Lipinski definition) is 1. The van der Waals surface area contributed by atoms with Gasteiger partial charge >= 0.3 is 0 Å². The van der Waals surface area contributed by atoms with Gasteiger partial charge in [-0.05, 0) is 24.3 Å². The summed E-state index contributed by atoms with van der Waals surface area (Å²) in [6, 6.07) is 15.7. The third-order valence-corrected chi connectivity index (χ3v) is 4.19. The predicted molar refractivity (Wildman–Crippen MR) is 87.4 cm³/mol. The number of nitriles is 1. The van der Waals surface area contributed by atoms with Crippen LogP contribution in [-0.2, 0) is 0 Å². The standard InChI is InChI=1S/C19H12FN3O/c20-14-6-2-1-4-11(14)17-13(10-21)19(22)24-16-8-7-15-12(18(16)17)5-3-9-23-15/h1-9,17H,22H2/t17-/m1/s1. The van der Waals surface area contributed by atoms with Crippen molar-refractivity contribution in [3.8, 4) is 11.8 Å². The minimum absolute atomic E-state index is 0.00138. The van der Waals surface area contributed by atoms with Crippen molar-refractivity contribution in [2.75, 3.05) is 0 Å². The van der Waals surface area contributed by atoms with Gasteiger partial charge < -0.3 is 10.5 Å². The summed E-state index contributed by atoms with van der Waals surface area (Å²) >= 11 is 0. The average molecular weight is 317 g/mol. The normalized spacial score (nSPS) is 16.4. The number of rotatable bonds is 1. The molecule has 3 aromatic rings. The van der Waals surface area contributed by atoms with Gasteiger partial charge in [0.1, 0.15) is 23.2 Å². The monoisotopic (exact) mass is 317 g/mol. The first-order valence-corrected chi connectivity index (χ1v) is 7.40. The van der Waals surface area contributed by atoms with Crippen LogP contribution >= 0.6 is 0 Å². The first kappa shape index (κ1) is 14.2. The van der Waals surface area contributed by atoms with Gasteiger partial charge in [0.2, 0.25) is 5.88 Å². The summed E-state index contributed by atoms with van der Waals surface area (Å²) in [4.78, 5) is 4.33. The van der Waals surface area contributed by atoms with Gasteiger partial charge in [-0.15, -0.1) is 0 Å². The molecule has 1 aromatic heterocycles. The number of hydrogen-bond acceptors (Lipinski definition) is 4. The summed E-state index contributed by atoms with van der Waals surface area (Å²) in [5, 5.41) is 10.4. The average Bonchev–Trinajstić information content (AvgIpc) is 2.61. The zero-order chi connectivity index (χ0) is 16.7. The Labute approximate surface area is 137 Å². The van der Waals surface area contributed by atoms with Gasteiger partial charge in [-0.25, -0.2) is 4.39 Å². The fourth-order valence-electron chi connectivity index (χ4n) is 3.14. The zero-order valence-corrected chi connectivity index (χ0v) is 12.5. The molecule has 24 heavy (non-hydrogen) atoms. The lowest BCUT2D eigenvalue weighted by Crippen LogP contribution is -2.22. The Hall–Kier alpha value is -3.39. The molecule has 0 saturated heterocycles. The highest BCUT2D eigenvalue weighted by Gasteiger charge is 2.33. The first-order chi connectivity index (χ1) is 11.7. The molecule has 5 heteroatoms. The number of benzene rings is 2. The van der Waals surface area contributed by atoms with Gasteiger partial charge in [-0.3, -0.25) is 4.98 Å². The third kappa shape index (κ3) is 2.01. The molecule has 0 unspecified atom stereocenters. The highest BCUT2D eigenvalue weighted by Crippen LogP contribution is 2.45. The maximum Gasteiger partial charge on any atom is 0.205 e. The highest BCUT2D eigenvalue weighted by molar-refractivity contribution is 5.87. The van der Waals surface area contributed by atoms with Crippen molar-refractivity contribution in [3.63, 3.8) is 0 Å². The quantitative estimate of drug-likeness (QED) is 0.744. The van der Waals surface area contributed by atoms with Crippen LogP contribution in [0.2, 0.25) is 0 Å². The Morgan fingerprint density at radius 1 is 1.12 bits per heavy atom. The number of aromatic nitrogens is 1. The minimum Gasteiger partial charge on any atom is -0.440 e. The third-order valence-electron chi connectivity index (χ3n) is 4.19. The molecule has 4 nitrogen and oxygen atoms in total. The Morgan fingerprint density at radius 3 is 2.75 bits per heavy atom. The smallest absolute Gasteiger partial charge is 0.205 e. The van der Waals surface area contributed by atoms with Gasteiger partial charge in [-0.2, -0.15) is 5.26 Å². The van der Waals surface area contributed by atoms with Gasteiger partial charge in [0, 0.05) is 22.7 Å². The second-order valence-electron chi connectivity index (χ2n) is 5.49. The topological polar surface area (TPSA) is 71.9 Å². The van der Waals surface area contributed by atoms with E-state index in [2.05, 4.69) is 11.1 Å². The van der Waals surface area contributed by atoms with E-state index in [0.717, 1.165) is 10.9 Å². The van der Waals surface area contributed by atoms with Crippen LogP contribution in [0.4, 0.5) is 4.39 Å². The maximum absolute atomic E-state index is 14.5. The summed E-state index contributed by atoms with van der Waals surface area (Å²) in [7, 11) is 0. The SMILES string of the molecule is N#CC1=C(N)Oc2ccc3ncccc3c2[C@@H]1c1ccccc1F. The van der Waals surface area contributed by atoms with Crippen molar-refractivity contribution in [1.29, 1.82) is 5.26 Å². The number of pyridine rings is 1. The predicted octanol–water partition coefficient (Wildman–Crippen LogP) is 3.59. The summed E-state index contributed by atoms with van der Waals surface area (Å²) in [6.07, 6.45) is 1.69. The Kier molecular flexibility index (Phi) is 3.17. The van der Waals surface area contributed by atoms with E-state index in [1.54, 1.807) is 36.5 Å². The molecule has 1 aliphatic rings. The molecule has 2 heterocycles. The largest absolute Gasteiger partial charge is 0.440 e. The lowest BCUT2D eigenvalue weighted by Gasteiger charge is -2.27. The molecule has 1 atom stereocenters. The van der Waals surface area contributed by atoms with E-state index >= 15 is 0 Å². The molecule has 0 amide bonds. The van der Waals surface area contributed by atoms with Crippen LogP contribution in [0.25, 0.3) is 10.9 Å². The van der Waals surface area contributed by atoms with Crippen molar-refractivity contribution in [2.45, 2.75) is 5.92 Å². The van der Waals surface area contributed by atoms with E-state index in [1.165, 1.54) is 6.07 Å². The molecule has 0 spiro atoms. The molecule has 2 N–H and O–H groups in total. The molecule has 4 rings (SSSR count). The minimum atomic E-state index is -0.632. The lowest BCUT2D eigenvalue weighted by molar-refractivity contribution is 0.394. The van der Waals surface area contributed by atoms with Crippen LogP contribution < -0.4 is 10.5 Å². The van der Waals surface area contributed by atoms with Crippen molar-refractivity contribution >= 4 is 10.9 Å². The fourth-order valence-corrected chi connectivity index (χ4v) is 3.14. The second-order valence-corrected chi connectivity index (χ2v) is 5.49. The van der Waals surface area contributed by atoms with Crippen molar-refractivity contribution < 1.29 is 9.13 Å². The fraction of sp³-hybridized carbons (Fsp3) is 0.0526. The summed E-state index contributed by atoms with van der Waals surface area (Å²) in [6.45, 7) is 0. The molecule has 0 aliphatic carbocycles. The molecule has 0 radical (unpaired) electrons. The van der Waals surface area contributed by atoms with E-state index < -0.39 is 11.7 Å². The number of nitrogens with two attached hydrogens (primary N) is 1. The van der Waals surface area contributed by atoms with Crippen molar-refractivity contribution in [3.05, 3.63) is 83.1 Å². The molecule has 0 bridgehead atoms. The van der Waals surface area contributed by atoms with Crippen LogP contribution in [0.5, 0.6) is 5.75 Å². The Bertz CT molecular complexity index is 1040. The van der Waals surface area contributed by atoms with Crippen LogP contribution in [0.3, 0.4) is 0 Å². The van der Waals surface area contributed by atoms with E-state index in [9.17, 15) is 9.65 Å². The van der Waals surface area contributed by atoms with Crippen LogP contribution in [0, 0.1) is 17.1 Å². The molecule has 0 fully saturated rings. The van der Waals surface area contributed by atoms with Crippen LogP contribution in [-0.4, -0.2) is 4.98 Å². The van der Waals surface area contributed by atoms with E-state index in [4.69, 9.17) is 10.5 Å². The summed E-state index contributed by atoms with van der Waals surface area (Å²) < 4.78 is 20.1. The molecular weight excluding hydrogens is 305 g/mol. The van der Waals surface area contributed by atoms with Crippen LogP contribution in [0.15, 0.2) is 66.2 Å². The van der Waals surface area contributed by atoms with Gasteiger partial charge in [-0.1, -0.05) is 24.3 Å². The first-order valence-electron chi connectivity index (χ1n) is 7.40. The molecular formula is C19H12FN3O. The lowest BCUT2D eigenvalue weighted by atomic mass is 9.81. The Morgan fingerprint density at radius 2 is 1.96 bits per heavy atom.